The van der Waals surface area contributed by atoms with Crippen molar-refractivity contribution in [2.24, 2.45) is 0 Å². The molecular weight excluding hydrogens is 363 g/mol. The van der Waals surface area contributed by atoms with E-state index in [1.54, 1.807) is 11.8 Å². The first kappa shape index (κ1) is 21.3. The average molecular weight is 391 g/mol. The van der Waals surface area contributed by atoms with E-state index in [0.717, 1.165) is 31.1 Å². The molecule has 2 aromatic carbocycles. The Labute approximate surface area is 165 Å². The van der Waals surface area contributed by atoms with Gasteiger partial charge in [0.1, 0.15) is 11.4 Å². The van der Waals surface area contributed by atoms with Gasteiger partial charge in [0, 0.05) is 36.0 Å². The minimum absolute atomic E-state index is 0.190. The Bertz CT molecular complexity index is 711. The van der Waals surface area contributed by atoms with Crippen LogP contribution in [0.2, 0.25) is 0 Å². The number of carbonyl (C=O) groups excluding carboxylic acids is 1. The highest BCUT2D eigenvalue weighted by Gasteiger charge is 2.14. The Balaban J connectivity index is 0.000000321. The van der Waals surface area contributed by atoms with Gasteiger partial charge in [-0.05, 0) is 57.2 Å². The van der Waals surface area contributed by atoms with E-state index in [0.29, 0.717) is 6.47 Å². The quantitative estimate of drug-likeness (QED) is 0.787. The fraction of sp³-hybridized carbons (Fsp3) is 0.381. The van der Waals surface area contributed by atoms with Crippen molar-refractivity contribution < 1.29 is 13.9 Å². The van der Waals surface area contributed by atoms with Crippen LogP contribution in [-0.2, 0) is 9.53 Å². The van der Waals surface area contributed by atoms with Gasteiger partial charge < -0.3 is 15.0 Å². The number of nitrogens with one attached hydrogen (secondary N) is 1. The van der Waals surface area contributed by atoms with Gasteiger partial charge >= 0.3 is 0 Å². The number of ether oxygens (including phenoxy) is 1. The van der Waals surface area contributed by atoms with E-state index in [2.05, 4.69) is 39.2 Å². The van der Waals surface area contributed by atoms with Crippen LogP contribution in [0.3, 0.4) is 0 Å². The van der Waals surface area contributed by atoms with Crippen LogP contribution in [0.1, 0.15) is 20.8 Å². The third-order valence-corrected chi connectivity index (χ3v) is 4.84. The number of rotatable bonds is 4. The minimum atomic E-state index is -0.318. The fourth-order valence-electron chi connectivity index (χ4n) is 2.48. The molecule has 0 saturated carbocycles. The smallest absolute Gasteiger partial charge is 0.293 e. The maximum absolute atomic E-state index is 13.0. The molecule has 27 heavy (non-hydrogen) atoms. The molecule has 0 spiro atoms. The standard InChI is InChI=1S/C16H17FN2S.C5H10O2/c17-13-5-7-14(8-6-13)20-16-4-2-1-3-15(16)19-11-9-18-10-12-19;1-5(2,3)7-4-6/h1-8,18H,9-12H2;4H,1-3H3. The summed E-state index contributed by atoms with van der Waals surface area (Å²) < 4.78 is 17.5. The molecule has 1 N–H and O–H groups in total. The molecule has 0 bridgehead atoms. The van der Waals surface area contributed by atoms with Gasteiger partial charge in [-0.1, -0.05) is 23.9 Å². The molecule has 1 aliphatic rings. The maximum Gasteiger partial charge on any atom is 0.293 e. The van der Waals surface area contributed by atoms with E-state index in [-0.39, 0.29) is 11.4 Å². The molecule has 1 saturated heterocycles. The van der Waals surface area contributed by atoms with Crippen LogP contribution in [0.4, 0.5) is 10.1 Å². The molecule has 1 heterocycles. The van der Waals surface area contributed by atoms with Crippen molar-refractivity contribution in [1.29, 1.82) is 0 Å². The number of halogens is 1. The van der Waals surface area contributed by atoms with Gasteiger partial charge in [0.05, 0.1) is 5.69 Å². The number of anilines is 1. The molecule has 3 rings (SSSR count). The van der Waals surface area contributed by atoms with Gasteiger partial charge in [-0.3, -0.25) is 4.79 Å². The molecule has 0 amide bonds. The lowest BCUT2D eigenvalue weighted by molar-refractivity contribution is -0.138. The number of piperazine rings is 1. The van der Waals surface area contributed by atoms with E-state index in [4.69, 9.17) is 0 Å². The van der Waals surface area contributed by atoms with E-state index < -0.39 is 0 Å². The van der Waals surface area contributed by atoms with Crippen molar-refractivity contribution in [2.75, 3.05) is 31.1 Å². The number of hydrogen-bond acceptors (Lipinski definition) is 5. The number of nitrogens with zero attached hydrogens (tertiary/aromatic N) is 1. The summed E-state index contributed by atoms with van der Waals surface area (Å²) in [5.41, 5.74) is 0.949. The Morgan fingerprint density at radius 2 is 1.70 bits per heavy atom. The molecule has 0 atom stereocenters. The summed E-state index contributed by atoms with van der Waals surface area (Å²) in [6, 6.07) is 15.1. The average Bonchev–Trinajstić information content (AvgIpc) is 2.64. The summed E-state index contributed by atoms with van der Waals surface area (Å²) in [5.74, 6) is -0.190. The van der Waals surface area contributed by atoms with Gasteiger partial charge in [0.2, 0.25) is 0 Å². The summed E-state index contributed by atoms with van der Waals surface area (Å²) in [6.45, 7) is 10.0. The Morgan fingerprint density at radius 1 is 1.07 bits per heavy atom. The largest absolute Gasteiger partial charge is 0.462 e. The number of hydrogen-bond donors (Lipinski definition) is 1. The zero-order valence-electron chi connectivity index (χ0n) is 16.1. The van der Waals surface area contributed by atoms with Gasteiger partial charge in [0.15, 0.2) is 0 Å². The molecule has 6 heteroatoms. The molecule has 0 aromatic heterocycles. The van der Waals surface area contributed by atoms with Crippen molar-refractivity contribution in [3.05, 3.63) is 54.3 Å². The number of carbonyl (C=O) groups is 1. The Hall–Kier alpha value is -2.05. The summed E-state index contributed by atoms with van der Waals surface area (Å²) in [4.78, 5) is 14.3. The van der Waals surface area contributed by atoms with Gasteiger partial charge in [-0.25, -0.2) is 4.39 Å². The molecule has 0 aliphatic carbocycles. The van der Waals surface area contributed by atoms with Gasteiger partial charge in [0.25, 0.3) is 6.47 Å². The lowest BCUT2D eigenvalue weighted by atomic mass is 10.2. The first-order valence-corrected chi connectivity index (χ1v) is 9.80. The van der Waals surface area contributed by atoms with Crippen LogP contribution in [-0.4, -0.2) is 38.3 Å². The number of benzene rings is 2. The Morgan fingerprint density at radius 3 is 2.26 bits per heavy atom. The first-order chi connectivity index (χ1) is 12.9. The van der Waals surface area contributed by atoms with Crippen LogP contribution in [0.5, 0.6) is 0 Å². The highest BCUT2D eigenvalue weighted by atomic mass is 32.2. The zero-order valence-corrected chi connectivity index (χ0v) is 16.9. The molecule has 1 aliphatic heterocycles. The highest BCUT2D eigenvalue weighted by Crippen LogP contribution is 2.35. The summed E-state index contributed by atoms with van der Waals surface area (Å²) >= 11 is 1.69. The minimum Gasteiger partial charge on any atom is -0.462 e. The topological polar surface area (TPSA) is 41.6 Å². The van der Waals surface area contributed by atoms with Crippen LogP contribution < -0.4 is 10.2 Å². The van der Waals surface area contributed by atoms with E-state index in [9.17, 15) is 9.18 Å². The van der Waals surface area contributed by atoms with Crippen LogP contribution in [0.25, 0.3) is 0 Å². The molecule has 0 radical (unpaired) electrons. The summed E-state index contributed by atoms with van der Waals surface area (Å²) in [6.07, 6.45) is 0. The predicted octanol–water partition coefficient (Wildman–Crippen LogP) is 4.34. The second-order valence-corrected chi connectivity index (χ2v) is 8.20. The third-order valence-electron chi connectivity index (χ3n) is 3.77. The number of para-hydroxylation sites is 1. The van der Waals surface area contributed by atoms with Gasteiger partial charge in [-0.15, -0.1) is 0 Å². The molecular formula is C21H27FN2O2S. The predicted molar refractivity (Wildman–Crippen MR) is 109 cm³/mol. The first-order valence-electron chi connectivity index (χ1n) is 8.98. The second kappa shape index (κ2) is 10.3. The van der Waals surface area contributed by atoms with E-state index >= 15 is 0 Å². The highest BCUT2D eigenvalue weighted by molar-refractivity contribution is 7.99. The normalized spacial score (nSPS) is 14.1. The fourth-order valence-corrected chi connectivity index (χ4v) is 3.46. The third kappa shape index (κ3) is 7.61. The van der Waals surface area contributed by atoms with Crippen molar-refractivity contribution in [2.45, 2.75) is 36.2 Å². The lowest BCUT2D eigenvalue weighted by Crippen LogP contribution is -2.43. The molecule has 4 nitrogen and oxygen atoms in total. The van der Waals surface area contributed by atoms with Crippen molar-refractivity contribution >= 4 is 23.9 Å². The van der Waals surface area contributed by atoms with Crippen LogP contribution in [0, 0.1) is 5.82 Å². The van der Waals surface area contributed by atoms with Crippen LogP contribution in [0.15, 0.2) is 58.3 Å². The SMILES string of the molecule is CC(C)(C)OC=O.Fc1ccc(Sc2ccccc2N2CCNCC2)cc1. The second-order valence-electron chi connectivity index (χ2n) is 7.09. The van der Waals surface area contributed by atoms with Crippen molar-refractivity contribution in [3.63, 3.8) is 0 Å². The monoisotopic (exact) mass is 390 g/mol. The summed E-state index contributed by atoms with van der Waals surface area (Å²) in [7, 11) is 0. The van der Waals surface area contributed by atoms with Crippen molar-refractivity contribution in [3.8, 4) is 0 Å². The Kier molecular flexibility index (Phi) is 8.13. The molecule has 2 aromatic rings. The van der Waals surface area contributed by atoms with E-state index in [1.807, 2.05) is 32.9 Å². The van der Waals surface area contributed by atoms with Crippen molar-refractivity contribution in [1.82, 2.24) is 5.32 Å². The zero-order chi connectivity index (χ0) is 19.7. The van der Waals surface area contributed by atoms with E-state index in [1.165, 1.54) is 22.7 Å². The summed E-state index contributed by atoms with van der Waals surface area (Å²) in [5, 5.41) is 3.37. The van der Waals surface area contributed by atoms with Gasteiger partial charge in [-0.2, -0.15) is 0 Å². The van der Waals surface area contributed by atoms with Crippen LogP contribution >= 0.6 is 11.8 Å². The maximum atomic E-state index is 13.0. The molecule has 0 unspecified atom stereocenters. The molecule has 1 fully saturated rings. The molecule has 146 valence electrons. The lowest BCUT2D eigenvalue weighted by Gasteiger charge is -2.30.